The van der Waals surface area contributed by atoms with E-state index in [-0.39, 0.29) is 12.5 Å². The summed E-state index contributed by atoms with van der Waals surface area (Å²) in [6.45, 7) is 5.78. The molecular weight excluding hydrogens is 336 g/mol. The van der Waals surface area contributed by atoms with Crippen LogP contribution in [0, 0.1) is 18.3 Å². The van der Waals surface area contributed by atoms with Gasteiger partial charge in [-0.15, -0.1) is 6.58 Å². The Balaban J connectivity index is 2.11. The minimum absolute atomic E-state index is 0.0221. The van der Waals surface area contributed by atoms with Crippen LogP contribution in [0.1, 0.15) is 53.7 Å². The number of allylic oxidation sites excluding steroid dienone is 1. The molecule has 4 rings (SSSR count). The molecule has 0 saturated heterocycles. The smallest absolute Gasteiger partial charge is 0.198 e. The summed E-state index contributed by atoms with van der Waals surface area (Å²) in [6.07, 6.45) is 4.58. The molecular formula is C23H22N2O2. The van der Waals surface area contributed by atoms with Crippen LogP contribution in [0.15, 0.2) is 47.4 Å². The highest BCUT2D eigenvalue weighted by Crippen LogP contribution is 2.45. The zero-order valence-corrected chi connectivity index (χ0v) is 15.4. The zero-order chi connectivity index (χ0) is 19.0. The molecule has 1 saturated carbocycles. The van der Waals surface area contributed by atoms with Crippen molar-refractivity contribution in [3.05, 3.63) is 65.6 Å². The van der Waals surface area contributed by atoms with E-state index in [1.165, 1.54) is 0 Å². The van der Waals surface area contributed by atoms with Gasteiger partial charge in [-0.1, -0.05) is 36.4 Å². The number of benzene rings is 2. The fourth-order valence-corrected chi connectivity index (χ4v) is 3.80. The molecule has 136 valence electrons. The van der Waals surface area contributed by atoms with Crippen molar-refractivity contribution in [2.24, 2.45) is 0 Å². The van der Waals surface area contributed by atoms with Gasteiger partial charge in [-0.25, -0.2) is 4.98 Å². The molecule has 3 aromatic rings. The minimum Gasteiger partial charge on any atom is -0.440 e. The third-order valence-corrected chi connectivity index (χ3v) is 5.33. The van der Waals surface area contributed by atoms with Gasteiger partial charge in [0.05, 0.1) is 12.2 Å². The summed E-state index contributed by atoms with van der Waals surface area (Å²) in [5.41, 5.74) is 5.58. The summed E-state index contributed by atoms with van der Waals surface area (Å²) < 4.78 is 6.20. The number of hydrogen-bond donors (Lipinski definition) is 1. The first-order valence-electron chi connectivity index (χ1n) is 9.33. The van der Waals surface area contributed by atoms with Crippen molar-refractivity contribution in [3.63, 3.8) is 0 Å². The van der Waals surface area contributed by atoms with Gasteiger partial charge in [0.25, 0.3) is 0 Å². The molecule has 1 aromatic heterocycles. The third-order valence-electron chi connectivity index (χ3n) is 5.33. The van der Waals surface area contributed by atoms with Crippen LogP contribution in [0.4, 0.5) is 0 Å². The van der Waals surface area contributed by atoms with Crippen LogP contribution < -0.4 is 0 Å². The van der Waals surface area contributed by atoms with Crippen LogP contribution in [0.3, 0.4) is 0 Å². The van der Waals surface area contributed by atoms with Crippen molar-refractivity contribution < 1.29 is 9.52 Å². The Morgan fingerprint density at radius 3 is 2.70 bits per heavy atom. The molecule has 0 radical (unpaired) electrons. The Hall–Kier alpha value is -2.90. The first kappa shape index (κ1) is 17.5. The SMILES string of the molecule is C=CCC(CO)c1c(-c2ccccc2)c(C)c(C#N)c2nc(C3CC3)oc12. The highest BCUT2D eigenvalue weighted by molar-refractivity contribution is 5.93. The lowest BCUT2D eigenvalue weighted by Gasteiger charge is -2.20. The highest BCUT2D eigenvalue weighted by atomic mass is 16.3. The van der Waals surface area contributed by atoms with E-state index < -0.39 is 0 Å². The maximum Gasteiger partial charge on any atom is 0.198 e. The predicted octanol–water partition coefficient (Wildman–Crippen LogP) is 5.20. The summed E-state index contributed by atoms with van der Waals surface area (Å²) in [4.78, 5) is 4.68. The average molecular weight is 358 g/mol. The van der Waals surface area contributed by atoms with Gasteiger partial charge in [0.1, 0.15) is 11.6 Å². The molecule has 4 heteroatoms. The van der Waals surface area contributed by atoms with Crippen LogP contribution in [0.25, 0.3) is 22.2 Å². The molecule has 1 aliphatic rings. The van der Waals surface area contributed by atoms with Gasteiger partial charge in [-0.2, -0.15) is 5.26 Å². The topological polar surface area (TPSA) is 70.0 Å². The molecule has 0 spiro atoms. The summed E-state index contributed by atoms with van der Waals surface area (Å²) >= 11 is 0. The second kappa shape index (κ2) is 7.02. The average Bonchev–Trinajstić information content (AvgIpc) is 3.45. The van der Waals surface area contributed by atoms with E-state index in [1.807, 2.05) is 43.3 Å². The van der Waals surface area contributed by atoms with E-state index in [4.69, 9.17) is 4.42 Å². The molecule has 1 unspecified atom stereocenters. The quantitative estimate of drug-likeness (QED) is 0.615. The van der Waals surface area contributed by atoms with Crippen molar-refractivity contribution >= 4 is 11.1 Å². The molecule has 1 fully saturated rings. The van der Waals surface area contributed by atoms with Gasteiger partial charge < -0.3 is 9.52 Å². The van der Waals surface area contributed by atoms with Crippen LogP contribution in [-0.4, -0.2) is 16.7 Å². The van der Waals surface area contributed by atoms with E-state index >= 15 is 0 Å². The fourth-order valence-electron chi connectivity index (χ4n) is 3.80. The fraction of sp³-hybridized carbons (Fsp3) is 0.304. The Kier molecular flexibility index (Phi) is 4.55. The summed E-state index contributed by atoms with van der Waals surface area (Å²) in [7, 11) is 0. The van der Waals surface area contributed by atoms with Crippen LogP contribution in [-0.2, 0) is 0 Å². The zero-order valence-electron chi connectivity index (χ0n) is 15.4. The van der Waals surface area contributed by atoms with Gasteiger partial charge >= 0.3 is 0 Å². The van der Waals surface area contributed by atoms with Crippen LogP contribution in [0.2, 0.25) is 0 Å². The lowest BCUT2D eigenvalue weighted by molar-refractivity contribution is 0.266. The second-order valence-corrected chi connectivity index (χ2v) is 7.17. The second-order valence-electron chi connectivity index (χ2n) is 7.17. The van der Waals surface area contributed by atoms with Gasteiger partial charge in [-0.05, 0) is 42.9 Å². The monoisotopic (exact) mass is 358 g/mol. The molecule has 0 bridgehead atoms. The van der Waals surface area contributed by atoms with Gasteiger partial charge in [-0.3, -0.25) is 0 Å². The van der Waals surface area contributed by atoms with Crippen molar-refractivity contribution in [2.75, 3.05) is 6.61 Å². The summed E-state index contributed by atoms with van der Waals surface area (Å²) in [5.74, 6) is 0.901. The molecule has 2 aromatic carbocycles. The minimum atomic E-state index is -0.161. The number of oxazole rings is 1. The number of hydrogen-bond acceptors (Lipinski definition) is 4. The predicted molar refractivity (Wildman–Crippen MR) is 106 cm³/mol. The maximum absolute atomic E-state index is 10.1. The Morgan fingerprint density at radius 1 is 1.37 bits per heavy atom. The van der Waals surface area contributed by atoms with Crippen molar-refractivity contribution in [1.82, 2.24) is 4.98 Å². The number of aliphatic hydroxyl groups excluding tert-OH is 1. The normalized spacial score (nSPS) is 14.9. The number of nitrogens with zero attached hydrogens (tertiary/aromatic N) is 2. The number of aromatic nitrogens is 1. The number of nitriles is 1. The Bertz CT molecular complexity index is 1040. The lowest BCUT2D eigenvalue weighted by Crippen LogP contribution is -2.08. The van der Waals surface area contributed by atoms with Gasteiger partial charge in [0.15, 0.2) is 11.5 Å². The molecule has 0 amide bonds. The van der Waals surface area contributed by atoms with Crippen LogP contribution >= 0.6 is 0 Å². The number of fused-ring (bicyclic) bond motifs is 1. The highest BCUT2D eigenvalue weighted by Gasteiger charge is 2.32. The standard InChI is InChI=1S/C23H22N2O2/c1-3-7-17(13-26)20-19(15-8-5-4-6-9-15)14(2)18(12-24)21-22(20)27-23(25-21)16-10-11-16/h3-6,8-9,16-17,26H,1,7,10-11,13H2,2H3. The largest absolute Gasteiger partial charge is 0.440 e. The Labute approximate surface area is 158 Å². The van der Waals surface area contributed by atoms with Gasteiger partial charge in [0.2, 0.25) is 0 Å². The molecule has 0 aliphatic heterocycles. The van der Waals surface area contributed by atoms with Crippen molar-refractivity contribution in [2.45, 2.75) is 38.0 Å². The number of aliphatic hydroxyl groups is 1. The van der Waals surface area contributed by atoms with E-state index in [9.17, 15) is 10.4 Å². The van der Waals surface area contributed by atoms with E-state index in [0.717, 1.165) is 35.1 Å². The Morgan fingerprint density at radius 2 is 2.11 bits per heavy atom. The molecule has 4 nitrogen and oxygen atoms in total. The molecule has 1 N–H and O–H groups in total. The lowest BCUT2D eigenvalue weighted by atomic mass is 9.83. The summed E-state index contributed by atoms with van der Waals surface area (Å²) in [5, 5.41) is 20.0. The van der Waals surface area contributed by atoms with E-state index in [2.05, 4.69) is 17.6 Å². The van der Waals surface area contributed by atoms with Crippen LogP contribution in [0.5, 0.6) is 0 Å². The molecule has 27 heavy (non-hydrogen) atoms. The molecule has 1 atom stereocenters. The van der Waals surface area contributed by atoms with E-state index in [1.54, 1.807) is 0 Å². The maximum atomic E-state index is 10.1. The first-order chi connectivity index (χ1) is 13.2. The third kappa shape index (κ3) is 2.94. The van der Waals surface area contributed by atoms with Crippen molar-refractivity contribution in [1.29, 1.82) is 5.26 Å². The number of rotatable bonds is 6. The first-order valence-corrected chi connectivity index (χ1v) is 9.33. The van der Waals surface area contributed by atoms with Gasteiger partial charge in [0, 0.05) is 17.4 Å². The molecule has 1 heterocycles. The molecule has 1 aliphatic carbocycles. The summed E-state index contributed by atoms with van der Waals surface area (Å²) in [6, 6.07) is 12.3. The van der Waals surface area contributed by atoms with Crippen molar-refractivity contribution in [3.8, 4) is 17.2 Å². The van der Waals surface area contributed by atoms with E-state index in [0.29, 0.717) is 34.9 Å².